The second kappa shape index (κ2) is 5.26. The van der Waals surface area contributed by atoms with Crippen LogP contribution in [0.4, 0.5) is 14.5 Å². The Morgan fingerprint density at radius 3 is 2.32 bits per heavy atom. The van der Waals surface area contributed by atoms with Gasteiger partial charge in [0, 0.05) is 6.04 Å². The molecule has 0 bridgehead atoms. The van der Waals surface area contributed by atoms with E-state index in [0.29, 0.717) is 5.56 Å². The topological polar surface area (TPSA) is 32.3 Å². The van der Waals surface area contributed by atoms with Gasteiger partial charge in [-0.05, 0) is 43.2 Å². The van der Waals surface area contributed by atoms with Crippen LogP contribution in [0.25, 0.3) is 0 Å². The van der Waals surface area contributed by atoms with E-state index in [9.17, 15) is 13.9 Å². The molecule has 0 aliphatic rings. The first-order chi connectivity index (χ1) is 8.99. The van der Waals surface area contributed by atoms with E-state index in [2.05, 4.69) is 5.32 Å². The summed E-state index contributed by atoms with van der Waals surface area (Å²) in [5.41, 5.74) is 1.10. The second-order valence-electron chi connectivity index (χ2n) is 4.51. The first kappa shape index (κ1) is 13.3. The molecule has 0 amide bonds. The lowest BCUT2D eigenvalue weighted by Gasteiger charge is -2.17. The molecule has 0 radical (unpaired) electrons. The van der Waals surface area contributed by atoms with Crippen LogP contribution in [0.3, 0.4) is 0 Å². The number of benzene rings is 2. The lowest BCUT2D eigenvalue weighted by Crippen LogP contribution is -2.10. The highest BCUT2D eigenvalue weighted by Gasteiger charge is 2.14. The van der Waals surface area contributed by atoms with Crippen LogP contribution in [-0.2, 0) is 0 Å². The van der Waals surface area contributed by atoms with Crippen molar-refractivity contribution in [1.82, 2.24) is 0 Å². The minimum absolute atomic E-state index is 0.124. The van der Waals surface area contributed by atoms with E-state index in [1.807, 2.05) is 0 Å². The third kappa shape index (κ3) is 2.84. The molecule has 0 heterocycles. The Labute approximate surface area is 110 Å². The average Bonchev–Trinajstić information content (AvgIpc) is 2.40. The van der Waals surface area contributed by atoms with E-state index >= 15 is 0 Å². The van der Waals surface area contributed by atoms with Gasteiger partial charge in [-0.2, -0.15) is 0 Å². The Bertz CT molecular complexity index is 581. The van der Waals surface area contributed by atoms with Crippen LogP contribution >= 0.6 is 0 Å². The molecule has 2 N–H and O–H groups in total. The summed E-state index contributed by atoms with van der Waals surface area (Å²) in [6.07, 6.45) is 0. The fraction of sp³-hybridized carbons (Fsp3) is 0.200. The fourth-order valence-electron chi connectivity index (χ4n) is 1.85. The van der Waals surface area contributed by atoms with Crippen molar-refractivity contribution in [1.29, 1.82) is 0 Å². The maximum Gasteiger partial charge on any atom is 0.152 e. The van der Waals surface area contributed by atoms with Crippen LogP contribution in [0.1, 0.15) is 24.1 Å². The average molecular weight is 263 g/mol. The van der Waals surface area contributed by atoms with Gasteiger partial charge in [-0.25, -0.2) is 8.78 Å². The van der Waals surface area contributed by atoms with Gasteiger partial charge in [-0.3, -0.25) is 0 Å². The van der Waals surface area contributed by atoms with Crippen molar-refractivity contribution in [2.24, 2.45) is 0 Å². The third-order valence-electron chi connectivity index (χ3n) is 3.04. The summed E-state index contributed by atoms with van der Waals surface area (Å²) < 4.78 is 27.5. The molecule has 4 heteroatoms. The predicted octanol–water partition coefficient (Wildman–Crippen LogP) is 4.15. The van der Waals surface area contributed by atoms with E-state index in [1.54, 1.807) is 26.0 Å². The summed E-state index contributed by atoms with van der Waals surface area (Å²) in [5, 5.41) is 12.0. The molecule has 0 aliphatic heterocycles. The number of phenols is 1. The number of hydrogen-bond donors (Lipinski definition) is 2. The van der Waals surface area contributed by atoms with Crippen molar-refractivity contribution in [3.63, 3.8) is 0 Å². The molecular weight excluding hydrogens is 248 g/mol. The predicted molar refractivity (Wildman–Crippen MR) is 71.2 cm³/mol. The number of aryl methyl sites for hydroxylation is 1. The summed E-state index contributed by atoms with van der Waals surface area (Å²) in [7, 11) is 0. The normalized spacial score (nSPS) is 12.2. The largest absolute Gasteiger partial charge is 0.508 e. The Kier molecular flexibility index (Phi) is 3.69. The van der Waals surface area contributed by atoms with Gasteiger partial charge in [0.2, 0.25) is 0 Å². The van der Waals surface area contributed by atoms with Crippen LogP contribution < -0.4 is 5.32 Å². The van der Waals surface area contributed by atoms with Crippen molar-refractivity contribution in [3.05, 3.63) is 59.2 Å². The zero-order chi connectivity index (χ0) is 14.0. The molecule has 2 nitrogen and oxygen atoms in total. The first-order valence-corrected chi connectivity index (χ1v) is 5.99. The number of phenolic OH excluding ortho intramolecular Hbond substituents is 1. The van der Waals surface area contributed by atoms with Crippen molar-refractivity contribution >= 4 is 5.69 Å². The summed E-state index contributed by atoms with van der Waals surface area (Å²) in [6, 6.07) is 8.86. The maximum absolute atomic E-state index is 13.9. The Hall–Kier alpha value is -2.10. The van der Waals surface area contributed by atoms with Crippen LogP contribution in [-0.4, -0.2) is 5.11 Å². The number of nitrogens with one attached hydrogen (secondary N) is 1. The second-order valence-corrected chi connectivity index (χ2v) is 4.51. The molecule has 19 heavy (non-hydrogen) atoms. The van der Waals surface area contributed by atoms with Crippen molar-refractivity contribution < 1.29 is 13.9 Å². The van der Waals surface area contributed by atoms with Crippen LogP contribution in [0, 0.1) is 18.6 Å². The smallest absolute Gasteiger partial charge is 0.152 e. The van der Waals surface area contributed by atoms with Gasteiger partial charge >= 0.3 is 0 Å². The monoisotopic (exact) mass is 263 g/mol. The van der Waals surface area contributed by atoms with Gasteiger partial charge in [-0.15, -0.1) is 0 Å². The lowest BCUT2D eigenvalue weighted by atomic mass is 10.1. The molecule has 1 atom stereocenters. The molecule has 2 aromatic rings. The fourth-order valence-corrected chi connectivity index (χ4v) is 1.85. The number of rotatable bonds is 3. The van der Waals surface area contributed by atoms with E-state index in [4.69, 9.17) is 0 Å². The molecule has 1 unspecified atom stereocenters. The number of anilines is 1. The molecular formula is C15H15F2NO. The van der Waals surface area contributed by atoms with E-state index in [1.165, 1.54) is 24.3 Å². The molecule has 0 aromatic heterocycles. The Morgan fingerprint density at radius 1 is 1.05 bits per heavy atom. The van der Waals surface area contributed by atoms with Gasteiger partial charge in [-0.1, -0.05) is 18.2 Å². The molecule has 100 valence electrons. The van der Waals surface area contributed by atoms with Gasteiger partial charge in [0.1, 0.15) is 17.3 Å². The molecule has 0 fully saturated rings. The molecule has 0 aliphatic carbocycles. The summed E-state index contributed by atoms with van der Waals surface area (Å²) in [5.74, 6) is -1.04. The number of halogens is 2. The quantitative estimate of drug-likeness (QED) is 0.871. The maximum atomic E-state index is 13.9. The molecule has 0 spiro atoms. The molecule has 2 rings (SSSR count). The summed E-state index contributed by atoms with van der Waals surface area (Å²) in [6.45, 7) is 3.39. The van der Waals surface area contributed by atoms with E-state index < -0.39 is 11.6 Å². The van der Waals surface area contributed by atoms with Gasteiger partial charge in [0.15, 0.2) is 5.82 Å². The Balaban J connectivity index is 2.26. The molecule has 0 saturated carbocycles. The van der Waals surface area contributed by atoms with Crippen LogP contribution in [0.5, 0.6) is 5.75 Å². The SMILES string of the molecule is Cc1ccc(F)c(NC(C)c2ccc(O)cc2)c1F. The lowest BCUT2D eigenvalue weighted by molar-refractivity contribution is 0.475. The van der Waals surface area contributed by atoms with Crippen molar-refractivity contribution in [3.8, 4) is 5.75 Å². The zero-order valence-corrected chi connectivity index (χ0v) is 10.7. The summed E-state index contributed by atoms with van der Waals surface area (Å²) >= 11 is 0. The van der Waals surface area contributed by atoms with Gasteiger partial charge in [0.25, 0.3) is 0 Å². The standard InChI is InChI=1S/C15H15F2NO/c1-9-3-8-13(16)15(14(9)17)18-10(2)11-4-6-12(19)7-5-11/h3-8,10,18-19H,1-2H3. The van der Waals surface area contributed by atoms with Crippen LogP contribution in [0.15, 0.2) is 36.4 Å². The zero-order valence-electron chi connectivity index (χ0n) is 10.7. The highest BCUT2D eigenvalue weighted by molar-refractivity contribution is 5.50. The number of hydrogen-bond acceptors (Lipinski definition) is 2. The molecule has 0 saturated heterocycles. The Morgan fingerprint density at radius 2 is 1.68 bits per heavy atom. The highest BCUT2D eigenvalue weighted by Crippen LogP contribution is 2.26. The highest BCUT2D eigenvalue weighted by atomic mass is 19.1. The molecule has 2 aromatic carbocycles. The number of aromatic hydroxyl groups is 1. The van der Waals surface area contributed by atoms with E-state index in [0.717, 1.165) is 5.56 Å². The van der Waals surface area contributed by atoms with Gasteiger partial charge in [0.05, 0.1) is 0 Å². The van der Waals surface area contributed by atoms with E-state index in [-0.39, 0.29) is 17.5 Å². The van der Waals surface area contributed by atoms with Crippen LogP contribution in [0.2, 0.25) is 0 Å². The summed E-state index contributed by atoms with van der Waals surface area (Å²) in [4.78, 5) is 0. The third-order valence-corrected chi connectivity index (χ3v) is 3.04. The van der Waals surface area contributed by atoms with Crippen molar-refractivity contribution in [2.75, 3.05) is 5.32 Å². The minimum Gasteiger partial charge on any atom is -0.508 e. The minimum atomic E-state index is -0.617. The van der Waals surface area contributed by atoms with Crippen molar-refractivity contribution in [2.45, 2.75) is 19.9 Å². The first-order valence-electron chi connectivity index (χ1n) is 5.99. The van der Waals surface area contributed by atoms with Gasteiger partial charge < -0.3 is 10.4 Å².